The van der Waals surface area contributed by atoms with Gasteiger partial charge in [0, 0.05) is 12.8 Å². The molecule has 6 saturated heterocycles. The van der Waals surface area contributed by atoms with E-state index in [1.807, 2.05) is 0 Å². The SMILES string of the molecule is CCCCCCCCCCCC(=O)O[C@H]1[C@H](O[C@@H]2[C@@H](O)[C@H]3OC(=O)CCCCCCCCC[C@H](CCCCC)O[C@@H]4O[C@H](CO)[C@@H](O)[C@H](O)[C@H]4O[C@@H]3O[C@H]2C)O[C@@H](C)[C@H](O[C@@H]2O[C@@H](C)[C@H](O)[C@@H](OC(=O)[C@H](C)[C@H](C)O)[C@H]2O[C@@H]2O[C@H](CO)[C@@H](O)[C@H](O)[C@H]2O)[C@H]1O. The maximum Gasteiger partial charge on any atom is 0.311 e. The van der Waals surface area contributed by atoms with Crippen LogP contribution in [0.3, 0.4) is 0 Å². The lowest BCUT2D eigenvalue weighted by molar-refractivity contribution is -0.396. The lowest BCUT2D eigenvalue weighted by Gasteiger charge is -2.50. The highest BCUT2D eigenvalue weighted by Gasteiger charge is 2.58. The van der Waals surface area contributed by atoms with Crippen LogP contribution in [0.4, 0.5) is 0 Å². The molecule has 6 heterocycles. The number of hydrogen-bond donors (Lipinski definition) is 11. The number of unbranched alkanes of at least 4 members (excludes halogenated alkanes) is 10. The maximum absolute atomic E-state index is 14.0. The van der Waals surface area contributed by atoms with Crippen molar-refractivity contribution in [2.75, 3.05) is 13.2 Å². The Morgan fingerprint density at radius 2 is 1.02 bits per heavy atom. The van der Waals surface area contributed by atoms with Crippen LogP contribution in [0.25, 0.3) is 0 Å². The van der Waals surface area contributed by atoms with Gasteiger partial charge >= 0.3 is 17.9 Å². The van der Waals surface area contributed by atoms with Crippen LogP contribution in [0, 0.1) is 5.92 Å². The van der Waals surface area contributed by atoms with Gasteiger partial charge in [0.2, 0.25) is 0 Å². The van der Waals surface area contributed by atoms with Crippen LogP contribution in [0.15, 0.2) is 0 Å². The third kappa shape index (κ3) is 21.3. The van der Waals surface area contributed by atoms with Gasteiger partial charge in [0.1, 0.15) is 79.4 Å². The van der Waals surface area contributed by atoms with Crippen LogP contribution in [-0.4, -0.2) is 253 Å². The summed E-state index contributed by atoms with van der Waals surface area (Å²) in [6, 6.07) is 0. The third-order valence-corrected chi connectivity index (χ3v) is 18.3. The first-order chi connectivity index (χ1) is 43.0. The summed E-state index contributed by atoms with van der Waals surface area (Å²) in [5.74, 6) is -3.67. The Kier molecular flexibility index (Phi) is 32.6. The minimum Gasteiger partial charge on any atom is -0.456 e. The Balaban J connectivity index is 1.31. The molecule has 0 aromatic rings. The van der Waals surface area contributed by atoms with E-state index in [0.717, 1.165) is 103 Å². The smallest absolute Gasteiger partial charge is 0.311 e. The molecule has 6 aliphatic heterocycles. The lowest BCUT2D eigenvalue weighted by atomic mass is 9.95. The van der Waals surface area contributed by atoms with Gasteiger partial charge in [-0.05, 0) is 60.3 Å². The average Bonchev–Trinajstić information content (AvgIpc) is 1.04. The Bertz CT molecular complexity index is 2060. The summed E-state index contributed by atoms with van der Waals surface area (Å²) < 4.78 is 80.9. The summed E-state index contributed by atoms with van der Waals surface area (Å²) in [7, 11) is 0. The highest BCUT2D eigenvalue weighted by molar-refractivity contribution is 5.73. The van der Waals surface area contributed by atoms with Gasteiger partial charge in [-0.1, -0.05) is 123 Å². The molecule has 0 spiro atoms. The average molecular weight is 1300 g/mol. The Hall–Kier alpha value is -2.43. The standard InChI is InChI=1S/C63H110O27/c1-8-10-12-13-14-15-18-21-25-29-41(67)84-55-50(76)52(88-63-57(90-59-48(74)46(72)44(70)39(31-64)82-59)53(43(69)35(5)78-63)86-58(77)33(3)34(4)66)37(7)79-60(55)87-51-36(6)80-61-56(49(51)75)85-42(68)30-26-22-19-16-17-20-24-28-38(27-23-11-9-2)81-62-54(89-61)47(73)45(71)40(32-65)83-62/h33-40,43-57,59-66,69-76H,8-32H2,1-7H3/t33-,34+,35+,36+,37+,38+,39-,40-,43+,44-,45-,46+,47+,48-,49-,50-,51+,52+,53-,54-,55-,56-,57-,59+,60+,61+,62-,63+/m1/s1. The zero-order chi connectivity index (χ0) is 65.8. The molecule has 6 fully saturated rings. The molecule has 6 aliphatic rings. The van der Waals surface area contributed by atoms with E-state index in [2.05, 4.69) is 13.8 Å². The summed E-state index contributed by atoms with van der Waals surface area (Å²) in [6.45, 7) is 9.79. The summed E-state index contributed by atoms with van der Waals surface area (Å²) >= 11 is 0. The minimum absolute atomic E-state index is 0.0525. The molecular formula is C63H110O27. The van der Waals surface area contributed by atoms with Crippen molar-refractivity contribution in [3.05, 3.63) is 0 Å². The van der Waals surface area contributed by atoms with Gasteiger partial charge in [0.25, 0.3) is 0 Å². The van der Waals surface area contributed by atoms with Crippen molar-refractivity contribution in [3.8, 4) is 0 Å². The summed E-state index contributed by atoms with van der Waals surface area (Å²) in [6.07, 6.45) is -24.9. The number of rotatable bonds is 26. The fourth-order valence-electron chi connectivity index (χ4n) is 12.4. The molecule has 28 atom stereocenters. The van der Waals surface area contributed by atoms with Gasteiger partial charge < -0.3 is 118 Å². The Labute approximate surface area is 529 Å². The Morgan fingerprint density at radius 1 is 0.489 bits per heavy atom. The number of fused-ring (bicyclic) bond motifs is 2. The van der Waals surface area contributed by atoms with Gasteiger partial charge in [-0.25, -0.2) is 0 Å². The second-order valence-corrected chi connectivity index (χ2v) is 25.6. The summed E-state index contributed by atoms with van der Waals surface area (Å²) in [5, 5.41) is 123. The van der Waals surface area contributed by atoms with E-state index in [4.69, 9.17) is 61.6 Å². The fourth-order valence-corrected chi connectivity index (χ4v) is 12.4. The van der Waals surface area contributed by atoms with Crippen molar-refractivity contribution >= 4 is 17.9 Å². The first kappa shape index (κ1) is 76.6. The van der Waals surface area contributed by atoms with Crippen LogP contribution in [0.5, 0.6) is 0 Å². The third-order valence-electron chi connectivity index (χ3n) is 18.3. The predicted molar refractivity (Wildman–Crippen MR) is 315 cm³/mol. The molecule has 0 radical (unpaired) electrons. The first-order valence-corrected chi connectivity index (χ1v) is 33.5. The van der Waals surface area contributed by atoms with Crippen LogP contribution < -0.4 is 0 Å². The predicted octanol–water partition coefficient (Wildman–Crippen LogP) is 2.25. The molecule has 27 heteroatoms. The van der Waals surface area contributed by atoms with Gasteiger partial charge in [-0.15, -0.1) is 0 Å². The van der Waals surface area contributed by atoms with E-state index in [9.17, 15) is 70.6 Å². The highest BCUT2D eigenvalue weighted by atomic mass is 16.8. The quantitative estimate of drug-likeness (QED) is 0.0336. The van der Waals surface area contributed by atoms with Crippen LogP contribution in [0.2, 0.25) is 0 Å². The van der Waals surface area contributed by atoms with Gasteiger partial charge in [-0.3, -0.25) is 14.4 Å². The monoisotopic (exact) mass is 1300 g/mol. The van der Waals surface area contributed by atoms with Crippen molar-refractivity contribution < 1.29 is 132 Å². The number of esters is 3. The van der Waals surface area contributed by atoms with Gasteiger partial charge in [0.15, 0.2) is 55.9 Å². The molecule has 90 heavy (non-hydrogen) atoms. The van der Waals surface area contributed by atoms with E-state index in [1.165, 1.54) is 34.6 Å². The molecule has 0 aromatic heterocycles. The molecule has 0 saturated carbocycles. The van der Waals surface area contributed by atoms with Gasteiger partial charge in [0.05, 0.1) is 49.7 Å². The molecule has 0 aliphatic carbocycles. The molecule has 11 N–H and O–H groups in total. The molecule has 0 aromatic carbocycles. The molecular weight excluding hydrogens is 1190 g/mol. The minimum atomic E-state index is -2.02. The largest absolute Gasteiger partial charge is 0.456 e. The van der Waals surface area contributed by atoms with Crippen LogP contribution >= 0.6 is 0 Å². The summed E-state index contributed by atoms with van der Waals surface area (Å²) in [4.78, 5) is 41.4. The second kappa shape index (κ2) is 38.3. The molecule has 524 valence electrons. The van der Waals surface area contributed by atoms with E-state index in [-0.39, 0.29) is 18.9 Å². The van der Waals surface area contributed by atoms with Crippen molar-refractivity contribution in [2.45, 2.75) is 362 Å². The van der Waals surface area contributed by atoms with Crippen molar-refractivity contribution in [1.82, 2.24) is 0 Å². The van der Waals surface area contributed by atoms with Crippen LogP contribution in [-0.2, 0) is 76.0 Å². The van der Waals surface area contributed by atoms with Crippen LogP contribution in [0.1, 0.15) is 196 Å². The number of carbonyl (C=O) groups excluding carboxylic acids is 3. The van der Waals surface area contributed by atoms with Crippen molar-refractivity contribution in [3.63, 3.8) is 0 Å². The number of hydrogen-bond acceptors (Lipinski definition) is 27. The fraction of sp³-hybridized carbons (Fsp3) is 0.952. The van der Waals surface area contributed by atoms with Gasteiger partial charge in [-0.2, -0.15) is 0 Å². The number of aliphatic hydroxyl groups is 11. The first-order valence-electron chi connectivity index (χ1n) is 33.5. The zero-order valence-corrected chi connectivity index (χ0v) is 53.8. The molecule has 27 nitrogen and oxygen atoms in total. The van der Waals surface area contributed by atoms with E-state index < -0.39 is 197 Å². The maximum atomic E-state index is 14.0. The number of carbonyl (C=O) groups is 3. The molecule has 0 amide bonds. The normalized spacial score (nSPS) is 41.0. The highest BCUT2D eigenvalue weighted by Crippen LogP contribution is 2.39. The zero-order valence-electron chi connectivity index (χ0n) is 53.8. The second-order valence-electron chi connectivity index (χ2n) is 25.6. The molecule has 6 rings (SSSR count). The van der Waals surface area contributed by atoms with E-state index >= 15 is 0 Å². The Morgan fingerprint density at radius 3 is 1.67 bits per heavy atom. The van der Waals surface area contributed by atoms with E-state index in [0.29, 0.717) is 32.1 Å². The molecule has 0 unspecified atom stereocenters. The van der Waals surface area contributed by atoms with E-state index in [1.54, 1.807) is 0 Å². The lowest BCUT2D eigenvalue weighted by Crippen LogP contribution is -2.68. The molecule has 0 bridgehead atoms. The number of ether oxygens (including phenoxy) is 13. The van der Waals surface area contributed by atoms with Crippen molar-refractivity contribution in [2.24, 2.45) is 5.92 Å². The summed E-state index contributed by atoms with van der Waals surface area (Å²) in [5.41, 5.74) is 0. The number of aliphatic hydroxyl groups excluding tert-OH is 11. The van der Waals surface area contributed by atoms with Crippen molar-refractivity contribution in [1.29, 1.82) is 0 Å². The topological polar surface area (TPSA) is 394 Å².